The molecule has 0 saturated carbocycles. The Kier molecular flexibility index (Phi) is 5.02. The largest absolute Gasteiger partial charge is 0.303 e. The Bertz CT molecular complexity index is 292. The first-order chi connectivity index (χ1) is 7.27. The van der Waals surface area contributed by atoms with E-state index in [1.807, 2.05) is 31.2 Å². The first kappa shape index (κ1) is 11.9. The normalized spacial score (nSPS) is 12.4. The molecule has 1 aromatic carbocycles. The van der Waals surface area contributed by atoms with E-state index in [-0.39, 0.29) is 12.6 Å². The number of carbonyl (C=O) groups excluding carboxylic acids is 1. The zero-order valence-electron chi connectivity index (χ0n) is 9.08. The minimum absolute atomic E-state index is 0.261. The van der Waals surface area contributed by atoms with Crippen molar-refractivity contribution in [2.45, 2.75) is 32.1 Å². The van der Waals surface area contributed by atoms with Crippen LogP contribution >= 0.6 is 0 Å². The fraction of sp³-hybridized carbons (Fsp3) is 0.462. The zero-order chi connectivity index (χ0) is 11.1. The van der Waals surface area contributed by atoms with E-state index in [4.69, 9.17) is 0 Å². The monoisotopic (exact) mass is 208 g/mol. The van der Waals surface area contributed by atoms with Crippen LogP contribution in [0.4, 0.5) is 4.39 Å². The highest BCUT2D eigenvalue weighted by Gasteiger charge is 2.04. The molecule has 0 saturated heterocycles. The molecule has 0 bridgehead atoms. The van der Waals surface area contributed by atoms with E-state index in [0.717, 1.165) is 18.3 Å². The molecule has 0 aliphatic carbocycles. The Morgan fingerprint density at radius 2 is 2.00 bits per heavy atom. The Labute approximate surface area is 90.3 Å². The second-order valence-corrected chi connectivity index (χ2v) is 3.84. The quantitative estimate of drug-likeness (QED) is 0.656. The summed E-state index contributed by atoms with van der Waals surface area (Å²) in [4.78, 5) is 10.4. The smallest absolute Gasteiger partial charge is 0.120 e. The predicted molar refractivity (Wildman–Crippen MR) is 59.8 cm³/mol. The van der Waals surface area contributed by atoms with Crippen LogP contribution in [0.15, 0.2) is 24.3 Å². The van der Waals surface area contributed by atoms with Gasteiger partial charge in [-0.2, -0.15) is 0 Å². The summed E-state index contributed by atoms with van der Waals surface area (Å²) in [7, 11) is 0. The van der Waals surface area contributed by atoms with Gasteiger partial charge in [-0.05, 0) is 29.9 Å². The average Bonchev–Trinajstić information content (AvgIpc) is 2.27. The molecule has 0 aliphatic rings. The van der Waals surface area contributed by atoms with Gasteiger partial charge in [-0.15, -0.1) is 0 Å². The summed E-state index contributed by atoms with van der Waals surface area (Å²) in [5, 5.41) is 0. The van der Waals surface area contributed by atoms with Gasteiger partial charge in [0.05, 0.1) is 6.67 Å². The van der Waals surface area contributed by atoms with Gasteiger partial charge in [0.15, 0.2) is 0 Å². The first-order valence-corrected chi connectivity index (χ1v) is 5.36. The van der Waals surface area contributed by atoms with Crippen molar-refractivity contribution >= 4 is 6.29 Å². The van der Waals surface area contributed by atoms with E-state index < -0.39 is 0 Å². The van der Waals surface area contributed by atoms with Gasteiger partial charge in [0.1, 0.15) is 6.29 Å². The van der Waals surface area contributed by atoms with Crippen molar-refractivity contribution in [2.24, 2.45) is 0 Å². The summed E-state index contributed by atoms with van der Waals surface area (Å²) >= 11 is 0. The van der Waals surface area contributed by atoms with E-state index in [1.54, 1.807) is 0 Å². The van der Waals surface area contributed by atoms with Gasteiger partial charge in [0.25, 0.3) is 0 Å². The van der Waals surface area contributed by atoms with E-state index in [9.17, 15) is 9.18 Å². The first-order valence-electron chi connectivity index (χ1n) is 5.36. The lowest BCUT2D eigenvalue weighted by Crippen LogP contribution is -1.95. The van der Waals surface area contributed by atoms with Gasteiger partial charge in [-0.1, -0.05) is 31.2 Å². The third-order valence-electron chi connectivity index (χ3n) is 2.60. The molecule has 0 spiro atoms. The van der Waals surface area contributed by atoms with Crippen molar-refractivity contribution in [3.63, 3.8) is 0 Å². The number of carbonyl (C=O) groups is 1. The van der Waals surface area contributed by atoms with Gasteiger partial charge < -0.3 is 4.79 Å². The molecule has 0 aromatic heterocycles. The van der Waals surface area contributed by atoms with Crippen LogP contribution in [0.5, 0.6) is 0 Å². The zero-order valence-corrected chi connectivity index (χ0v) is 9.08. The summed E-state index contributed by atoms with van der Waals surface area (Å²) in [6.45, 7) is 1.77. The van der Waals surface area contributed by atoms with Gasteiger partial charge in [-0.25, -0.2) is 0 Å². The summed E-state index contributed by atoms with van der Waals surface area (Å²) in [6, 6.07) is 8.10. The van der Waals surface area contributed by atoms with Gasteiger partial charge >= 0.3 is 0 Å². The van der Waals surface area contributed by atoms with Crippen LogP contribution in [0.3, 0.4) is 0 Å². The van der Waals surface area contributed by atoms with E-state index in [0.29, 0.717) is 12.8 Å². The van der Waals surface area contributed by atoms with Crippen LogP contribution in [-0.4, -0.2) is 13.0 Å². The highest BCUT2D eigenvalue weighted by Crippen LogP contribution is 2.18. The van der Waals surface area contributed by atoms with Gasteiger partial charge in [0, 0.05) is 6.42 Å². The van der Waals surface area contributed by atoms with E-state index >= 15 is 0 Å². The Morgan fingerprint density at radius 1 is 1.33 bits per heavy atom. The number of hydrogen-bond acceptors (Lipinski definition) is 1. The lowest BCUT2D eigenvalue weighted by molar-refractivity contribution is -0.108. The van der Waals surface area contributed by atoms with E-state index in [2.05, 4.69) is 0 Å². The van der Waals surface area contributed by atoms with E-state index in [1.165, 1.54) is 5.56 Å². The summed E-state index contributed by atoms with van der Waals surface area (Å²) in [5.41, 5.74) is 2.33. The summed E-state index contributed by atoms with van der Waals surface area (Å²) < 4.78 is 11.9. The molecule has 2 heteroatoms. The van der Waals surface area contributed by atoms with Gasteiger partial charge in [-0.3, -0.25) is 4.39 Å². The van der Waals surface area contributed by atoms with Crippen molar-refractivity contribution < 1.29 is 9.18 Å². The minimum Gasteiger partial charge on any atom is -0.303 e. The Balaban J connectivity index is 2.59. The number of hydrogen-bond donors (Lipinski definition) is 0. The van der Waals surface area contributed by atoms with Crippen LogP contribution < -0.4 is 0 Å². The average molecular weight is 208 g/mol. The summed E-state index contributed by atoms with van der Waals surface area (Å²) in [6.07, 6.45) is 2.88. The minimum atomic E-state index is -0.261. The maximum atomic E-state index is 11.9. The second-order valence-electron chi connectivity index (χ2n) is 3.84. The predicted octanol–water partition coefficient (Wildman–Crippen LogP) is 3.28. The van der Waals surface area contributed by atoms with Crippen molar-refractivity contribution in [1.29, 1.82) is 0 Å². The van der Waals surface area contributed by atoms with Crippen molar-refractivity contribution in [1.82, 2.24) is 0 Å². The molecule has 15 heavy (non-hydrogen) atoms. The van der Waals surface area contributed by atoms with Crippen molar-refractivity contribution in [3.8, 4) is 0 Å². The number of rotatable bonds is 6. The number of alkyl halides is 1. The molecular formula is C13H17FO. The Morgan fingerprint density at radius 3 is 2.53 bits per heavy atom. The molecule has 0 aliphatic heterocycles. The maximum absolute atomic E-state index is 11.9. The van der Waals surface area contributed by atoms with Crippen LogP contribution in [-0.2, 0) is 11.2 Å². The number of aryl methyl sites for hydroxylation is 1. The molecule has 1 atom stereocenters. The number of aldehydes is 1. The highest BCUT2D eigenvalue weighted by atomic mass is 19.1. The standard InChI is InChI=1S/C13H17FO/c1-11(8-10-15)13-6-4-12(5-7-13)3-2-9-14/h4-7,10-11H,2-3,8-9H2,1H3. The molecule has 0 amide bonds. The van der Waals surface area contributed by atoms with Crippen molar-refractivity contribution in [2.75, 3.05) is 6.67 Å². The molecule has 0 radical (unpaired) electrons. The Hall–Kier alpha value is -1.18. The molecular weight excluding hydrogens is 191 g/mol. The molecule has 82 valence electrons. The maximum Gasteiger partial charge on any atom is 0.120 e. The third-order valence-corrected chi connectivity index (χ3v) is 2.60. The SMILES string of the molecule is CC(CC=O)c1ccc(CCCF)cc1. The second kappa shape index (κ2) is 6.33. The topological polar surface area (TPSA) is 17.1 Å². The lowest BCUT2D eigenvalue weighted by Gasteiger charge is -2.08. The number of halogens is 1. The van der Waals surface area contributed by atoms with Crippen LogP contribution in [0.25, 0.3) is 0 Å². The van der Waals surface area contributed by atoms with Crippen molar-refractivity contribution in [3.05, 3.63) is 35.4 Å². The van der Waals surface area contributed by atoms with Crippen LogP contribution in [0, 0.1) is 0 Å². The van der Waals surface area contributed by atoms with Gasteiger partial charge in [0.2, 0.25) is 0 Å². The fourth-order valence-corrected chi connectivity index (χ4v) is 1.56. The molecule has 1 aromatic rings. The number of benzene rings is 1. The molecule has 0 heterocycles. The van der Waals surface area contributed by atoms with Crippen LogP contribution in [0.2, 0.25) is 0 Å². The molecule has 0 N–H and O–H groups in total. The molecule has 0 fully saturated rings. The third kappa shape index (κ3) is 3.82. The molecule has 1 nitrogen and oxygen atoms in total. The highest BCUT2D eigenvalue weighted by molar-refractivity contribution is 5.51. The van der Waals surface area contributed by atoms with Crippen LogP contribution in [0.1, 0.15) is 36.8 Å². The summed E-state index contributed by atoms with van der Waals surface area (Å²) in [5.74, 6) is 0.276. The molecule has 1 unspecified atom stereocenters. The fourth-order valence-electron chi connectivity index (χ4n) is 1.56. The molecule has 1 rings (SSSR count). The lowest BCUT2D eigenvalue weighted by atomic mass is 9.97.